The molecule has 1 aromatic heterocycles. The molecule has 1 fully saturated rings. The molecule has 1 unspecified atom stereocenters. The van der Waals surface area contributed by atoms with Crippen molar-refractivity contribution in [3.63, 3.8) is 0 Å². The van der Waals surface area contributed by atoms with Gasteiger partial charge >= 0.3 is 6.03 Å². The summed E-state index contributed by atoms with van der Waals surface area (Å²) in [5.41, 5.74) is 3.92. The molecular formula is C22H22FN5O2S. The molecule has 31 heavy (non-hydrogen) atoms. The molecule has 7 nitrogen and oxygen atoms in total. The van der Waals surface area contributed by atoms with E-state index in [2.05, 4.69) is 26.9 Å². The molecule has 0 radical (unpaired) electrons. The van der Waals surface area contributed by atoms with Crippen LogP contribution in [0.25, 0.3) is 5.69 Å². The maximum atomic E-state index is 13.6. The van der Waals surface area contributed by atoms with E-state index in [1.165, 1.54) is 23.9 Å². The third-order valence-electron chi connectivity index (χ3n) is 5.01. The SMILES string of the molecule is Cc1ccc(C)c(-n2c(CC3CC(=O)NC(=O)N3)nnc2SCc2cccc(F)c2)c1. The number of urea groups is 1. The predicted molar refractivity (Wildman–Crippen MR) is 116 cm³/mol. The van der Waals surface area contributed by atoms with E-state index in [1.807, 2.05) is 36.6 Å². The molecule has 160 valence electrons. The van der Waals surface area contributed by atoms with Crippen LogP contribution in [0.3, 0.4) is 0 Å². The smallest absolute Gasteiger partial charge is 0.321 e. The number of halogens is 1. The molecule has 2 N–H and O–H groups in total. The zero-order valence-electron chi connectivity index (χ0n) is 17.2. The van der Waals surface area contributed by atoms with Gasteiger partial charge < -0.3 is 5.32 Å². The molecule has 9 heteroatoms. The highest BCUT2D eigenvalue weighted by molar-refractivity contribution is 7.98. The van der Waals surface area contributed by atoms with E-state index in [0.717, 1.165) is 22.4 Å². The Labute approximate surface area is 183 Å². The normalized spacial score (nSPS) is 16.2. The second kappa shape index (κ2) is 8.89. The highest BCUT2D eigenvalue weighted by Gasteiger charge is 2.27. The van der Waals surface area contributed by atoms with Gasteiger partial charge in [0.1, 0.15) is 11.6 Å². The van der Waals surface area contributed by atoms with Crippen LogP contribution in [0.1, 0.15) is 28.9 Å². The van der Waals surface area contributed by atoms with Crippen molar-refractivity contribution < 1.29 is 14.0 Å². The number of carbonyl (C=O) groups excluding carboxylic acids is 2. The number of amides is 3. The molecule has 3 amide bonds. The van der Waals surface area contributed by atoms with Crippen molar-refractivity contribution in [2.24, 2.45) is 0 Å². The molecule has 4 rings (SSSR count). The van der Waals surface area contributed by atoms with Crippen molar-refractivity contribution in [3.8, 4) is 5.69 Å². The molecule has 0 saturated carbocycles. The lowest BCUT2D eigenvalue weighted by Gasteiger charge is -2.23. The van der Waals surface area contributed by atoms with Gasteiger partial charge in [-0.2, -0.15) is 0 Å². The zero-order chi connectivity index (χ0) is 22.0. The van der Waals surface area contributed by atoms with E-state index in [4.69, 9.17) is 0 Å². The Morgan fingerprint density at radius 1 is 1.16 bits per heavy atom. The van der Waals surface area contributed by atoms with Crippen molar-refractivity contribution >= 4 is 23.7 Å². The third-order valence-corrected chi connectivity index (χ3v) is 6.01. The van der Waals surface area contributed by atoms with Gasteiger partial charge in [0.15, 0.2) is 5.16 Å². The molecule has 1 aliphatic rings. The van der Waals surface area contributed by atoms with E-state index in [1.54, 1.807) is 6.07 Å². The van der Waals surface area contributed by atoms with Crippen LogP contribution in [-0.2, 0) is 17.0 Å². The molecule has 0 bridgehead atoms. The standard InChI is InChI=1S/C22H22FN5O2S/c1-13-6-7-14(2)18(8-13)28-19(10-17-11-20(29)25-21(30)24-17)26-27-22(28)31-12-15-4-3-5-16(23)9-15/h3-9,17H,10-12H2,1-2H3,(H2,24,25,29,30). The largest absolute Gasteiger partial charge is 0.334 e. The number of aryl methyl sites for hydroxylation is 2. The summed E-state index contributed by atoms with van der Waals surface area (Å²) in [4.78, 5) is 23.5. The summed E-state index contributed by atoms with van der Waals surface area (Å²) in [5.74, 6) is 0.590. The Balaban J connectivity index is 1.67. The Morgan fingerprint density at radius 3 is 2.77 bits per heavy atom. The number of aromatic nitrogens is 3. The average Bonchev–Trinajstić information content (AvgIpc) is 3.09. The third kappa shape index (κ3) is 4.93. The van der Waals surface area contributed by atoms with Crippen LogP contribution in [0.4, 0.5) is 9.18 Å². The summed E-state index contributed by atoms with van der Waals surface area (Å²) >= 11 is 1.46. The van der Waals surface area contributed by atoms with Crippen LogP contribution in [0.5, 0.6) is 0 Å². The summed E-state index contributed by atoms with van der Waals surface area (Å²) in [6, 6.07) is 11.7. The number of hydrogen-bond donors (Lipinski definition) is 2. The number of nitrogens with one attached hydrogen (secondary N) is 2. The van der Waals surface area contributed by atoms with Gasteiger partial charge in [-0.1, -0.05) is 36.0 Å². The monoisotopic (exact) mass is 439 g/mol. The number of rotatable bonds is 6. The molecular weight excluding hydrogens is 417 g/mol. The topological polar surface area (TPSA) is 88.9 Å². The van der Waals surface area contributed by atoms with Gasteiger partial charge in [-0.05, 0) is 48.7 Å². The molecule has 2 heterocycles. The average molecular weight is 440 g/mol. The zero-order valence-corrected chi connectivity index (χ0v) is 18.0. The first-order valence-electron chi connectivity index (χ1n) is 9.88. The summed E-state index contributed by atoms with van der Waals surface area (Å²) in [6.45, 7) is 4.02. The van der Waals surface area contributed by atoms with Crippen molar-refractivity contribution in [1.82, 2.24) is 25.4 Å². The van der Waals surface area contributed by atoms with Crippen molar-refractivity contribution in [3.05, 3.63) is 70.8 Å². The number of thioether (sulfide) groups is 1. The highest BCUT2D eigenvalue weighted by atomic mass is 32.2. The lowest BCUT2D eigenvalue weighted by Crippen LogP contribution is -2.53. The lowest BCUT2D eigenvalue weighted by molar-refractivity contribution is -0.121. The van der Waals surface area contributed by atoms with Gasteiger partial charge in [-0.3, -0.25) is 14.7 Å². The summed E-state index contributed by atoms with van der Waals surface area (Å²) in [7, 11) is 0. The minimum Gasteiger partial charge on any atom is -0.334 e. The highest BCUT2D eigenvalue weighted by Crippen LogP contribution is 2.28. The fourth-order valence-corrected chi connectivity index (χ4v) is 4.43. The molecule has 2 aromatic carbocycles. The van der Waals surface area contributed by atoms with Crippen LogP contribution < -0.4 is 10.6 Å². The van der Waals surface area contributed by atoms with Crippen molar-refractivity contribution in [2.45, 2.75) is 43.6 Å². The Kier molecular flexibility index (Phi) is 6.03. The maximum Gasteiger partial charge on any atom is 0.321 e. The van der Waals surface area contributed by atoms with Gasteiger partial charge in [0.05, 0.1) is 5.69 Å². The minimum atomic E-state index is -0.500. The van der Waals surface area contributed by atoms with Gasteiger partial charge in [0, 0.05) is 24.6 Å². The number of imide groups is 1. The minimum absolute atomic E-state index is 0.178. The fraction of sp³-hybridized carbons (Fsp3) is 0.273. The maximum absolute atomic E-state index is 13.6. The van der Waals surface area contributed by atoms with Gasteiger partial charge in [0.2, 0.25) is 5.91 Å². The van der Waals surface area contributed by atoms with Crippen LogP contribution in [-0.4, -0.2) is 32.7 Å². The van der Waals surface area contributed by atoms with Crippen LogP contribution in [0.2, 0.25) is 0 Å². The number of carbonyl (C=O) groups is 2. The van der Waals surface area contributed by atoms with E-state index in [-0.39, 0.29) is 24.2 Å². The molecule has 1 saturated heterocycles. The van der Waals surface area contributed by atoms with Crippen molar-refractivity contribution in [2.75, 3.05) is 0 Å². The summed E-state index contributed by atoms with van der Waals surface area (Å²) in [6.07, 6.45) is 0.539. The second-order valence-electron chi connectivity index (χ2n) is 7.57. The fourth-order valence-electron chi connectivity index (χ4n) is 3.52. The number of nitrogens with zero attached hydrogens (tertiary/aromatic N) is 3. The predicted octanol–water partition coefficient (Wildman–Crippen LogP) is 3.46. The Bertz CT molecular complexity index is 1130. The van der Waals surface area contributed by atoms with E-state index in [0.29, 0.717) is 23.2 Å². The van der Waals surface area contributed by atoms with Crippen LogP contribution in [0, 0.1) is 19.7 Å². The summed E-state index contributed by atoms with van der Waals surface area (Å²) in [5, 5.41) is 14.4. The van der Waals surface area contributed by atoms with Gasteiger partial charge in [-0.15, -0.1) is 10.2 Å². The Hall–Kier alpha value is -3.20. The Morgan fingerprint density at radius 2 is 2.00 bits per heavy atom. The number of benzene rings is 2. The number of hydrogen-bond acceptors (Lipinski definition) is 5. The van der Waals surface area contributed by atoms with Crippen LogP contribution >= 0.6 is 11.8 Å². The van der Waals surface area contributed by atoms with Gasteiger partial charge in [-0.25, -0.2) is 9.18 Å². The van der Waals surface area contributed by atoms with Crippen molar-refractivity contribution in [1.29, 1.82) is 0 Å². The molecule has 1 aliphatic heterocycles. The van der Waals surface area contributed by atoms with E-state index in [9.17, 15) is 14.0 Å². The van der Waals surface area contributed by atoms with Crippen LogP contribution in [0.15, 0.2) is 47.6 Å². The van der Waals surface area contributed by atoms with E-state index < -0.39 is 6.03 Å². The molecule has 3 aromatic rings. The first-order valence-corrected chi connectivity index (χ1v) is 10.9. The van der Waals surface area contributed by atoms with E-state index >= 15 is 0 Å². The quantitative estimate of drug-likeness (QED) is 0.575. The summed E-state index contributed by atoms with van der Waals surface area (Å²) < 4.78 is 15.5. The first kappa shape index (κ1) is 21.0. The second-order valence-corrected chi connectivity index (χ2v) is 8.51. The molecule has 0 aliphatic carbocycles. The first-order chi connectivity index (χ1) is 14.9. The molecule has 1 atom stereocenters. The lowest BCUT2D eigenvalue weighted by atomic mass is 10.1. The van der Waals surface area contributed by atoms with Gasteiger partial charge in [0.25, 0.3) is 0 Å². The molecule has 0 spiro atoms.